The fourth-order valence-electron chi connectivity index (χ4n) is 3.65. The quantitative estimate of drug-likeness (QED) is 0.389. The summed E-state index contributed by atoms with van der Waals surface area (Å²) in [6.45, 7) is 0.172. The summed E-state index contributed by atoms with van der Waals surface area (Å²) >= 11 is 0. The molecule has 3 amide bonds. The first-order chi connectivity index (χ1) is 16.4. The van der Waals surface area contributed by atoms with E-state index in [1.54, 1.807) is 42.5 Å². The highest BCUT2D eigenvalue weighted by Crippen LogP contribution is 2.36. The number of nitrogens with two attached hydrogens (primary N) is 1. The molecule has 172 valence electrons. The molecule has 4 rings (SSSR count). The van der Waals surface area contributed by atoms with Crippen LogP contribution in [-0.2, 0) is 4.79 Å². The molecule has 7 nitrogen and oxygen atoms in total. The SMILES string of the molecule is CNC(=O)c1c(-c2ccc(F)cc2)oc2ccc(-c3ccc(C(=O)NCCC(N)=O)cc3)cc12. The standard InChI is InChI=1S/C26H22FN3O4/c1-29-26(33)23-20-14-18(8-11-21(20)34-24(23)16-6-9-19(27)10-7-16)15-2-4-17(5-3-15)25(32)30-13-12-22(28)31/h2-11,14H,12-13H2,1H3,(H2,28,31)(H,29,33)(H,30,32). The number of carbonyl (C=O) groups excluding carboxylic acids is 3. The van der Waals surface area contributed by atoms with Gasteiger partial charge in [0.05, 0.1) is 5.56 Å². The average molecular weight is 459 g/mol. The number of benzene rings is 3. The van der Waals surface area contributed by atoms with Crippen LogP contribution in [0.2, 0.25) is 0 Å². The molecule has 4 aromatic rings. The minimum atomic E-state index is -0.482. The van der Waals surface area contributed by atoms with E-state index < -0.39 is 5.91 Å². The topological polar surface area (TPSA) is 114 Å². The molecule has 0 saturated carbocycles. The van der Waals surface area contributed by atoms with Crippen molar-refractivity contribution in [3.05, 3.63) is 83.7 Å². The Bertz CT molecular complexity index is 1380. The minimum Gasteiger partial charge on any atom is -0.455 e. The van der Waals surface area contributed by atoms with Crippen LogP contribution in [-0.4, -0.2) is 31.3 Å². The van der Waals surface area contributed by atoms with Gasteiger partial charge >= 0.3 is 0 Å². The molecular weight excluding hydrogens is 437 g/mol. The van der Waals surface area contributed by atoms with Gasteiger partial charge in [-0.2, -0.15) is 0 Å². The molecule has 4 N–H and O–H groups in total. The molecule has 0 atom stereocenters. The molecule has 0 unspecified atom stereocenters. The van der Waals surface area contributed by atoms with E-state index in [2.05, 4.69) is 10.6 Å². The first-order valence-corrected chi connectivity index (χ1v) is 10.6. The molecule has 34 heavy (non-hydrogen) atoms. The second-order valence-corrected chi connectivity index (χ2v) is 7.65. The summed E-state index contributed by atoms with van der Waals surface area (Å²) in [6.07, 6.45) is 0.0715. The van der Waals surface area contributed by atoms with Gasteiger partial charge in [-0.25, -0.2) is 4.39 Å². The molecule has 0 radical (unpaired) electrons. The third-order valence-corrected chi connectivity index (χ3v) is 5.39. The van der Waals surface area contributed by atoms with Gasteiger partial charge in [0.1, 0.15) is 17.2 Å². The molecule has 1 heterocycles. The van der Waals surface area contributed by atoms with Crippen LogP contribution < -0.4 is 16.4 Å². The van der Waals surface area contributed by atoms with E-state index in [0.717, 1.165) is 11.1 Å². The lowest BCUT2D eigenvalue weighted by Crippen LogP contribution is -2.27. The summed E-state index contributed by atoms with van der Waals surface area (Å²) in [7, 11) is 1.53. The fraction of sp³-hybridized carbons (Fsp3) is 0.115. The Morgan fingerprint density at radius 1 is 0.882 bits per heavy atom. The van der Waals surface area contributed by atoms with Gasteiger partial charge in [-0.05, 0) is 59.7 Å². The Balaban J connectivity index is 1.68. The summed E-state index contributed by atoms with van der Waals surface area (Å²) < 4.78 is 19.4. The maximum atomic E-state index is 13.4. The van der Waals surface area contributed by atoms with E-state index in [1.165, 1.54) is 19.2 Å². The Hall–Kier alpha value is -4.46. The molecule has 0 fully saturated rings. The van der Waals surface area contributed by atoms with Gasteiger partial charge in [0, 0.05) is 36.5 Å². The van der Waals surface area contributed by atoms with E-state index in [1.807, 2.05) is 12.1 Å². The first-order valence-electron chi connectivity index (χ1n) is 10.6. The number of furan rings is 1. The molecule has 0 aliphatic heterocycles. The van der Waals surface area contributed by atoms with Crippen molar-refractivity contribution in [2.45, 2.75) is 6.42 Å². The van der Waals surface area contributed by atoms with Crippen LogP contribution in [0.15, 0.2) is 71.1 Å². The lowest BCUT2D eigenvalue weighted by Gasteiger charge is -2.06. The van der Waals surface area contributed by atoms with E-state index >= 15 is 0 Å². The number of nitrogens with one attached hydrogen (secondary N) is 2. The predicted octanol–water partition coefficient (Wildman–Crippen LogP) is 3.87. The lowest BCUT2D eigenvalue weighted by molar-refractivity contribution is -0.117. The molecule has 1 aromatic heterocycles. The van der Waals surface area contributed by atoms with Crippen LogP contribution in [0.4, 0.5) is 4.39 Å². The van der Waals surface area contributed by atoms with Crippen LogP contribution in [0.5, 0.6) is 0 Å². The van der Waals surface area contributed by atoms with Crippen molar-refractivity contribution in [1.29, 1.82) is 0 Å². The maximum Gasteiger partial charge on any atom is 0.255 e. The third kappa shape index (κ3) is 4.66. The number of rotatable bonds is 7. The zero-order valence-corrected chi connectivity index (χ0v) is 18.4. The van der Waals surface area contributed by atoms with Gasteiger partial charge in [0.25, 0.3) is 11.8 Å². The van der Waals surface area contributed by atoms with Crippen molar-refractivity contribution < 1.29 is 23.2 Å². The highest BCUT2D eigenvalue weighted by molar-refractivity contribution is 6.11. The first kappa shape index (κ1) is 22.7. The van der Waals surface area contributed by atoms with Crippen LogP contribution in [0.25, 0.3) is 33.4 Å². The van der Waals surface area contributed by atoms with Crippen molar-refractivity contribution in [2.24, 2.45) is 5.73 Å². The molecule has 0 saturated heterocycles. The maximum absolute atomic E-state index is 13.4. The second kappa shape index (κ2) is 9.58. The number of primary amides is 1. The molecule has 3 aromatic carbocycles. The van der Waals surface area contributed by atoms with Gasteiger partial charge in [-0.3, -0.25) is 14.4 Å². The smallest absolute Gasteiger partial charge is 0.255 e. The number of carbonyl (C=O) groups is 3. The van der Waals surface area contributed by atoms with Crippen molar-refractivity contribution >= 4 is 28.7 Å². The van der Waals surface area contributed by atoms with Crippen molar-refractivity contribution in [3.63, 3.8) is 0 Å². The number of hydrogen-bond donors (Lipinski definition) is 3. The summed E-state index contributed by atoms with van der Waals surface area (Å²) in [5.41, 5.74) is 8.65. The van der Waals surface area contributed by atoms with Crippen molar-refractivity contribution in [2.75, 3.05) is 13.6 Å². The van der Waals surface area contributed by atoms with E-state index in [9.17, 15) is 18.8 Å². The molecule has 0 bridgehead atoms. The van der Waals surface area contributed by atoms with Crippen LogP contribution >= 0.6 is 0 Å². The highest BCUT2D eigenvalue weighted by Gasteiger charge is 2.22. The lowest BCUT2D eigenvalue weighted by atomic mass is 9.99. The van der Waals surface area contributed by atoms with Crippen molar-refractivity contribution in [3.8, 4) is 22.5 Å². The Kier molecular flexibility index (Phi) is 6.40. The fourth-order valence-corrected chi connectivity index (χ4v) is 3.65. The zero-order chi connectivity index (χ0) is 24.2. The molecule has 0 aliphatic carbocycles. The highest BCUT2D eigenvalue weighted by atomic mass is 19.1. The summed E-state index contributed by atoms with van der Waals surface area (Å²) in [4.78, 5) is 35.8. The number of hydrogen-bond acceptors (Lipinski definition) is 4. The number of halogens is 1. The molecular formula is C26H22FN3O4. The number of amides is 3. The van der Waals surface area contributed by atoms with E-state index in [4.69, 9.17) is 10.2 Å². The van der Waals surface area contributed by atoms with Gasteiger partial charge in [0.15, 0.2) is 0 Å². The van der Waals surface area contributed by atoms with Crippen LogP contribution in [0.3, 0.4) is 0 Å². The van der Waals surface area contributed by atoms with Crippen LogP contribution in [0.1, 0.15) is 27.1 Å². The third-order valence-electron chi connectivity index (χ3n) is 5.39. The second-order valence-electron chi connectivity index (χ2n) is 7.65. The van der Waals surface area contributed by atoms with E-state index in [0.29, 0.717) is 33.4 Å². The van der Waals surface area contributed by atoms with Gasteiger partial charge < -0.3 is 20.8 Å². The molecule has 8 heteroatoms. The van der Waals surface area contributed by atoms with Crippen LogP contribution in [0, 0.1) is 5.82 Å². The van der Waals surface area contributed by atoms with Gasteiger partial charge in [-0.15, -0.1) is 0 Å². The Morgan fingerprint density at radius 2 is 1.53 bits per heavy atom. The largest absolute Gasteiger partial charge is 0.455 e. The molecule has 0 aliphatic rings. The predicted molar refractivity (Wildman–Crippen MR) is 127 cm³/mol. The average Bonchev–Trinajstić information content (AvgIpc) is 3.22. The Morgan fingerprint density at radius 3 is 2.18 bits per heavy atom. The summed E-state index contributed by atoms with van der Waals surface area (Å²) in [5, 5.41) is 5.89. The Labute approximate surface area is 194 Å². The van der Waals surface area contributed by atoms with Gasteiger partial charge in [-0.1, -0.05) is 18.2 Å². The summed E-state index contributed by atoms with van der Waals surface area (Å²) in [5.74, 6) is -1.13. The minimum absolute atomic E-state index is 0.0715. The normalized spacial score (nSPS) is 10.8. The summed E-state index contributed by atoms with van der Waals surface area (Å²) in [6, 6.07) is 18.2. The van der Waals surface area contributed by atoms with Crippen molar-refractivity contribution in [1.82, 2.24) is 10.6 Å². The number of fused-ring (bicyclic) bond motifs is 1. The van der Waals surface area contributed by atoms with Gasteiger partial charge in [0.2, 0.25) is 5.91 Å². The molecule has 0 spiro atoms. The monoisotopic (exact) mass is 459 g/mol. The zero-order valence-electron chi connectivity index (χ0n) is 18.4. The van der Waals surface area contributed by atoms with E-state index in [-0.39, 0.29) is 30.6 Å².